The van der Waals surface area contributed by atoms with Crippen LogP contribution < -0.4 is 5.32 Å². The summed E-state index contributed by atoms with van der Waals surface area (Å²) in [5.74, 6) is 0. The fourth-order valence-corrected chi connectivity index (χ4v) is 3.84. The molecule has 0 aliphatic carbocycles. The molecular formula is C23H32ClN3O2. The molecule has 29 heavy (non-hydrogen) atoms. The molecule has 1 N–H and O–H groups in total. The van der Waals surface area contributed by atoms with E-state index in [-0.39, 0.29) is 24.3 Å². The van der Waals surface area contributed by atoms with Crippen LogP contribution in [0.25, 0.3) is 6.08 Å². The highest BCUT2D eigenvalue weighted by Crippen LogP contribution is 2.31. The minimum atomic E-state index is -0.247. The maximum absolute atomic E-state index is 12.3. The zero-order valence-corrected chi connectivity index (χ0v) is 18.4. The van der Waals surface area contributed by atoms with Gasteiger partial charge in [-0.3, -0.25) is 4.90 Å². The zero-order valence-electron chi connectivity index (χ0n) is 17.6. The van der Waals surface area contributed by atoms with E-state index in [0.29, 0.717) is 18.1 Å². The van der Waals surface area contributed by atoms with Crippen LogP contribution in [-0.2, 0) is 4.74 Å². The Hall–Kier alpha value is -2.24. The molecule has 1 aliphatic rings. The predicted molar refractivity (Wildman–Crippen MR) is 121 cm³/mol. The highest BCUT2D eigenvalue weighted by molar-refractivity contribution is 6.30. The average molecular weight is 418 g/mol. The fourth-order valence-electron chi connectivity index (χ4n) is 3.66. The molecule has 1 aromatic carbocycles. The van der Waals surface area contributed by atoms with Gasteiger partial charge in [0, 0.05) is 31.2 Å². The average Bonchev–Trinajstić information content (AvgIpc) is 2.69. The van der Waals surface area contributed by atoms with Crippen LogP contribution in [0.15, 0.2) is 49.7 Å². The van der Waals surface area contributed by atoms with Gasteiger partial charge < -0.3 is 15.0 Å². The Kier molecular flexibility index (Phi) is 8.80. The summed E-state index contributed by atoms with van der Waals surface area (Å²) in [5, 5.41) is 4.05. The molecule has 1 saturated heterocycles. The molecule has 5 nitrogen and oxygen atoms in total. The van der Waals surface area contributed by atoms with E-state index in [1.54, 1.807) is 11.1 Å². The smallest absolute Gasteiger partial charge is 0.410 e. The summed E-state index contributed by atoms with van der Waals surface area (Å²) in [5.41, 5.74) is 2.14. The molecular weight excluding hydrogens is 386 g/mol. The van der Waals surface area contributed by atoms with Crippen LogP contribution in [0.2, 0.25) is 5.02 Å². The molecule has 6 heteroatoms. The third kappa shape index (κ3) is 6.12. The monoisotopic (exact) mass is 417 g/mol. The van der Waals surface area contributed by atoms with Gasteiger partial charge in [0.2, 0.25) is 0 Å². The molecule has 0 bridgehead atoms. The van der Waals surface area contributed by atoms with Crippen LogP contribution in [-0.4, -0.2) is 54.2 Å². The Morgan fingerprint density at radius 3 is 2.48 bits per heavy atom. The van der Waals surface area contributed by atoms with Crippen LogP contribution in [0.1, 0.15) is 37.9 Å². The SMILES string of the molecule is C=CNC(/C=C\C)C(c1ccc(Cl)cc1C=C)N1CCN(C(=O)OC(C)C)CC1. The lowest BCUT2D eigenvalue weighted by molar-refractivity contribution is 0.0452. The van der Waals surface area contributed by atoms with E-state index in [4.69, 9.17) is 16.3 Å². The first-order valence-corrected chi connectivity index (χ1v) is 10.4. The lowest BCUT2D eigenvalue weighted by Gasteiger charge is -2.42. The molecule has 0 radical (unpaired) electrons. The van der Waals surface area contributed by atoms with E-state index in [0.717, 1.165) is 24.2 Å². The number of benzene rings is 1. The maximum atomic E-state index is 12.3. The molecule has 0 saturated carbocycles. The van der Waals surface area contributed by atoms with Crippen molar-refractivity contribution in [3.05, 3.63) is 65.9 Å². The van der Waals surface area contributed by atoms with Gasteiger partial charge in [0.25, 0.3) is 0 Å². The molecule has 1 heterocycles. The van der Waals surface area contributed by atoms with Gasteiger partial charge >= 0.3 is 6.09 Å². The first-order valence-electron chi connectivity index (χ1n) is 10.0. The molecule has 1 amide bonds. The van der Waals surface area contributed by atoms with E-state index in [9.17, 15) is 4.79 Å². The highest BCUT2D eigenvalue weighted by atomic mass is 35.5. The second-order valence-corrected chi connectivity index (χ2v) is 7.74. The van der Waals surface area contributed by atoms with Crippen LogP contribution in [0.5, 0.6) is 0 Å². The Morgan fingerprint density at radius 1 is 1.24 bits per heavy atom. The lowest BCUT2D eigenvalue weighted by Crippen LogP contribution is -2.53. The van der Waals surface area contributed by atoms with E-state index < -0.39 is 0 Å². The number of halogens is 1. The molecule has 2 rings (SSSR count). The number of hydrogen-bond acceptors (Lipinski definition) is 4. The number of carbonyl (C=O) groups is 1. The summed E-state index contributed by atoms with van der Waals surface area (Å²) in [7, 11) is 0. The van der Waals surface area contributed by atoms with Crippen molar-refractivity contribution in [1.29, 1.82) is 0 Å². The quantitative estimate of drug-likeness (QED) is 0.613. The van der Waals surface area contributed by atoms with Crippen LogP contribution in [0.4, 0.5) is 4.79 Å². The molecule has 2 atom stereocenters. The van der Waals surface area contributed by atoms with Crippen molar-refractivity contribution in [2.24, 2.45) is 0 Å². The summed E-state index contributed by atoms with van der Waals surface area (Å²) < 4.78 is 5.35. The number of rotatable bonds is 8. The number of hydrogen-bond donors (Lipinski definition) is 1. The van der Waals surface area contributed by atoms with E-state index in [1.165, 1.54) is 0 Å². The number of nitrogens with one attached hydrogen (secondary N) is 1. The van der Waals surface area contributed by atoms with Crippen LogP contribution >= 0.6 is 11.6 Å². The summed E-state index contributed by atoms with van der Waals surface area (Å²) in [6.45, 7) is 16.3. The topological polar surface area (TPSA) is 44.8 Å². The zero-order chi connectivity index (χ0) is 21.4. The molecule has 1 aromatic rings. The van der Waals surface area contributed by atoms with Gasteiger partial charge in [-0.2, -0.15) is 0 Å². The molecule has 1 fully saturated rings. The fraction of sp³-hybridized carbons (Fsp3) is 0.435. The lowest BCUT2D eigenvalue weighted by atomic mass is 9.92. The maximum Gasteiger partial charge on any atom is 0.410 e. The summed E-state index contributed by atoms with van der Waals surface area (Å²) in [6.07, 6.45) is 7.36. The predicted octanol–water partition coefficient (Wildman–Crippen LogP) is 4.86. The van der Waals surface area contributed by atoms with Crippen molar-refractivity contribution in [2.45, 2.75) is 39.0 Å². The molecule has 0 spiro atoms. The Morgan fingerprint density at radius 2 is 1.93 bits per heavy atom. The molecule has 2 unspecified atom stereocenters. The number of nitrogens with zero attached hydrogens (tertiary/aromatic N) is 2. The van der Waals surface area contributed by atoms with Crippen molar-refractivity contribution in [1.82, 2.24) is 15.1 Å². The Labute approximate surface area is 179 Å². The molecule has 0 aromatic heterocycles. The third-order valence-corrected chi connectivity index (χ3v) is 5.18. The van der Waals surface area contributed by atoms with Gasteiger partial charge in [-0.05, 0) is 50.2 Å². The van der Waals surface area contributed by atoms with Crippen molar-refractivity contribution in [3.8, 4) is 0 Å². The minimum Gasteiger partial charge on any atom is -0.447 e. The first-order chi connectivity index (χ1) is 13.9. The Bertz CT molecular complexity index is 740. The third-order valence-electron chi connectivity index (χ3n) is 4.94. The second-order valence-electron chi connectivity index (χ2n) is 7.30. The van der Waals surface area contributed by atoms with Gasteiger partial charge in [-0.25, -0.2) is 4.79 Å². The number of amides is 1. The Balaban J connectivity index is 2.31. The van der Waals surface area contributed by atoms with Crippen molar-refractivity contribution in [3.63, 3.8) is 0 Å². The largest absolute Gasteiger partial charge is 0.447 e. The number of ether oxygens (including phenoxy) is 1. The number of piperazine rings is 1. The van der Waals surface area contributed by atoms with Gasteiger partial charge in [0.15, 0.2) is 0 Å². The van der Waals surface area contributed by atoms with Gasteiger partial charge in [0.05, 0.1) is 18.2 Å². The van der Waals surface area contributed by atoms with Crippen molar-refractivity contribution >= 4 is 23.8 Å². The summed E-state index contributed by atoms with van der Waals surface area (Å²) in [6, 6.07) is 5.97. The van der Waals surface area contributed by atoms with Crippen LogP contribution in [0, 0.1) is 0 Å². The van der Waals surface area contributed by atoms with Crippen LogP contribution in [0.3, 0.4) is 0 Å². The standard InChI is InChI=1S/C23H32ClN3O2/c1-6-9-21(25-8-3)22(20-11-10-19(24)16-18(20)7-2)26-12-14-27(15-13-26)23(28)29-17(4)5/h6-11,16-17,21-22,25H,2-3,12-15H2,1,4-5H3/b9-6-. The van der Waals surface area contributed by atoms with E-state index in [2.05, 4.69) is 35.5 Å². The molecule has 1 aliphatic heterocycles. The minimum absolute atomic E-state index is 0.0199. The normalized spacial score (nSPS) is 17.2. The molecule has 158 valence electrons. The van der Waals surface area contributed by atoms with E-state index >= 15 is 0 Å². The summed E-state index contributed by atoms with van der Waals surface area (Å²) in [4.78, 5) is 16.4. The second kappa shape index (κ2) is 11.1. The first kappa shape index (κ1) is 23.0. The van der Waals surface area contributed by atoms with Gasteiger partial charge in [0.1, 0.15) is 0 Å². The van der Waals surface area contributed by atoms with Gasteiger partial charge in [-0.15, -0.1) is 0 Å². The van der Waals surface area contributed by atoms with Crippen molar-refractivity contribution < 1.29 is 9.53 Å². The van der Waals surface area contributed by atoms with E-state index in [1.807, 2.05) is 45.1 Å². The number of carbonyl (C=O) groups excluding carboxylic acids is 1. The van der Waals surface area contributed by atoms with Crippen molar-refractivity contribution in [2.75, 3.05) is 26.2 Å². The van der Waals surface area contributed by atoms with Gasteiger partial charge in [-0.1, -0.05) is 49.1 Å². The summed E-state index contributed by atoms with van der Waals surface area (Å²) >= 11 is 6.22. The highest BCUT2D eigenvalue weighted by Gasteiger charge is 2.32. The number of allylic oxidation sites excluding steroid dienone is 1.